The SMILES string of the molecule is Cc1cc(OCCC2CCCCC2)c2ccccc2c1B1CC(C)C(C)C1. The molecule has 1 aliphatic carbocycles. The Morgan fingerprint density at radius 2 is 1.63 bits per heavy atom. The topological polar surface area (TPSA) is 9.23 Å². The molecule has 2 aliphatic rings. The van der Waals surface area contributed by atoms with Crippen LogP contribution in [0.4, 0.5) is 0 Å². The van der Waals surface area contributed by atoms with E-state index in [4.69, 9.17) is 4.74 Å². The zero-order valence-corrected chi connectivity index (χ0v) is 17.5. The summed E-state index contributed by atoms with van der Waals surface area (Å²) >= 11 is 0. The highest BCUT2D eigenvalue weighted by Gasteiger charge is 2.34. The average molecular weight is 362 g/mol. The summed E-state index contributed by atoms with van der Waals surface area (Å²) in [5.74, 6) is 3.65. The van der Waals surface area contributed by atoms with Gasteiger partial charge in [-0.25, -0.2) is 0 Å². The molecular formula is C25H35BO. The lowest BCUT2D eigenvalue weighted by atomic mass is 9.41. The van der Waals surface area contributed by atoms with Gasteiger partial charge in [-0.2, -0.15) is 0 Å². The highest BCUT2D eigenvalue weighted by molar-refractivity contribution is 6.76. The largest absolute Gasteiger partial charge is 0.493 e. The lowest BCUT2D eigenvalue weighted by molar-refractivity contribution is 0.248. The fourth-order valence-corrected chi connectivity index (χ4v) is 5.66. The van der Waals surface area contributed by atoms with Crippen molar-refractivity contribution in [1.29, 1.82) is 0 Å². The van der Waals surface area contributed by atoms with E-state index >= 15 is 0 Å². The molecule has 0 N–H and O–H groups in total. The molecule has 0 spiro atoms. The average Bonchev–Trinajstić information content (AvgIpc) is 3.00. The Bertz CT molecular complexity index is 767. The zero-order valence-electron chi connectivity index (χ0n) is 17.5. The van der Waals surface area contributed by atoms with Crippen LogP contribution in [-0.4, -0.2) is 13.3 Å². The van der Waals surface area contributed by atoms with Crippen LogP contribution in [0.15, 0.2) is 30.3 Å². The van der Waals surface area contributed by atoms with Gasteiger partial charge in [0, 0.05) is 5.39 Å². The first-order chi connectivity index (χ1) is 13.1. The van der Waals surface area contributed by atoms with E-state index in [1.165, 1.54) is 67.5 Å². The zero-order chi connectivity index (χ0) is 18.8. The summed E-state index contributed by atoms with van der Waals surface area (Å²) in [5, 5.41) is 2.74. The number of rotatable bonds is 5. The highest BCUT2D eigenvalue weighted by atomic mass is 16.5. The van der Waals surface area contributed by atoms with Gasteiger partial charge >= 0.3 is 0 Å². The van der Waals surface area contributed by atoms with Crippen LogP contribution in [0.2, 0.25) is 12.6 Å². The maximum atomic E-state index is 6.36. The summed E-state index contributed by atoms with van der Waals surface area (Å²) < 4.78 is 6.36. The van der Waals surface area contributed by atoms with E-state index in [0.717, 1.165) is 30.1 Å². The Morgan fingerprint density at radius 1 is 0.963 bits per heavy atom. The number of fused-ring (bicyclic) bond motifs is 1. The van der Waals surface area contributed by atoms with Crippen LogP contribution in [0.3, 0.4) is 0 Å². The molecule has 27 heavy (non-hydrogen) atoms. The Hall–Kier alpha value is -1.44. The van der Waals surface area contributed by atoms with E-state index in [1.54, 1.807) is 5.46 Å². The van der Waals surface area contributed by atoms with Crippen LogP contribution in [0, 0.1) is 24.7 Å². The van der Waals surface area contributed by atoms with Gasteiger partial charge < -0.3 is 4.74 Å². The van der Waals surface area contributed by atoms with Crippen molar-refractivity contribution in [3.63, 3.8) is 0 Å². The third-order valence-electron chi connectivity index (χ3n) is 7.46. The minimum absolute atomic E-state index is 0.705. The molecule has 1 saturated carbocycles. The van der Waals surface area contributed by atoms with Gasteiger partial charge in [-0.15, -0.1) is 0 Å². The Kier molecular flexibility index (Phi) is 5.80. The van der Waals surface area contributed by atoms with Crippen molar-refractivity contribution < 1.29 is 4.74 Å². The van der Waals surface area contributed by atoms with Gasteiger partial charge in [-0.3, -0.25) is 0 Å². The molecule has 1 saturated heterocycles. The molecule has 2 heteroatoms. The first-order valence-corrected chi connectivity index (χ1v) is 11.3. The summed E-state index contributed by atoms with van der Waals surface area (Å²) in [6.07, 6.45) is 10.9. The van der Waals surface area contributed by atoms with Crippen LogP contribution in [0.1, 0.15) is 57.9 Å². The monoisotopic (exact) mass is 362 g/mol. The number of aryl methyl sites for hydroxylation is 1. The Morgan fingerprint density at radius 3 is 2.33 bits per heavy atom. The van der Waals surface area contributed by atoms with Crippen molar-refractivity contribution in [2.75, 3.05) is 6.61 Å². The van der Waals surface area contributed by atoms with Crippen molar-refractivity contribution in [2.45, 2.75) is 71.9 Å². The summed E-state index contributed by atoms with van der Waals surface area (Å²) in [6.45, 7) is 8.71. The van der Waals surface area contributed by atoms with Gasteiger partial charge in [0.15, 0.2) is 6.71 Å². The molecule has 0 amide bonds. The number of ether oxygens (including phenoxy) is 1. The minimum Gasteiger partial charge on any atom is -0.493 e. The predicted octanol–water partition coefficient (Wildman–Crippen LogP) is 6.49. The van der Waals surface area contributed by atoms with Crippen molar-refractivity contribution in [3.05, 3.63) is 35.9 Å². The number of hydrogen-bond donors (Lipinski definition) is 0. The fourth-order valence-electron chi connectivity index (χ4n) is 5.66. The molecule has 2 unspecified atom stereocenters. The van der Waals surface area contributed by atoms with Crippen LogP contribution >= 0.6 is 0 Å². The summed E-state index contributed by atoms with van der Waals surface area (Å²) in [4.78, 5) is 0. The first kappa shape index (κ1) is 18.9. The highest BCUT2D eigenvalue weighted by Crippen LogP contribution is 2.35. The van der Waals surface area contributed by atoms with Crippen molar-refractivity contribution in [2.24, 2.45) is 17.8 Å². The van der Waals surface area contributed by atoms with E-state index in [9.17, 15) is 0 Å². The van der Waals surface area contributed by atoms with E-state index in [2.05, 4.69) is 51.1 Å². The van der Waals surface area contributed by atoms with E-state index in [1.807, 2.05) is 0 Å². The molecule has 2 aromatic carbocycles. The maximum absolute atomic E-state index is 6.36. The lowest BCUT2D eigenvalue weighted by Crippen LogP contribution is -2.30. The van der Waals surface area contributed by atoms with E-state index < -0.39 is 0 Å². The lowest BCUT2D eigenvalue weighted by Gasteiger charge is -2.22. The molecule has 144 valence electrons. The molecule has 1 aliphatic heterocycles. The molecule has 2 aromatic rings. The van der Waals surface area contributed by atoms with Crippen molar-refractivity contribution >= 4 is 22.9 Å². The summed E-state index contributed by atoms with van der Waals surface area (Å²) in [7, 11) is 0. The van der Waals surface area contributed by atoms with Crippen LogP contribution in [0.5, 0.6) is 5.75 Å². The molecular weight excluding hydrogens is 327 g/mol. The van der Waals surface area contributed by atoms with Gasteiger partial charge in [-0.05, 0) is 42.6 Å². The molecule has 0 bridgehead atoms. The second kappa shape index (κ2) is 8.29. The minimum atomic E-state index is 0.705. The predicted molar refractivity (Wildman–Crippen MR) is 119 cm³/mol. The second-order valence-electron chi connectivity index (χ2n) is 9.41. The van der Waals surface area contributed by atoms with E-state index in [-0.39, 0.29) is 0 Å². The first-order valence-electron chi connectivity index (χ1n) is 11.3. The van der Waals surface area contributed by atoms with Gasteiger partial charge in [0.05, 0.1) is 6.61 Å². The number of benzene rings is 2. The molecule has 4 rings (SSSR count). The smallest absolute Gasteiger partial charge is 0.177 e. The summed E-state index contributed by atoms with van der Waals surface area (Å²) in [5.41, 5.74) is 3.01. The van der Waals surface area contributed by atoms with Crippen molar-refractivity contribution in [1.82, 2.24) is 0 Å². The second-order valence-corrected chi connectivity index (χ2v) is 9.41. The van der Waals surface area contributed by atoms with Crippen LogP contribution in [0.25, 0.3) is 10.8 Å². The normalized spacial score (nSPS) is 23.9. The quantitative estimate of drug-likeness (QED) is 0.553. The molecule has 1 heterocycles. The number of hydrogen-bond acceptors (Lipinski definition) is 1. The van der Waals surface area contributed by atoms with Crippen LogP contribution < -0.4 is 10.2 Å². The fraction of sp³-hybridized carbons (Fsp3) is 0.600. The third kappa shape index (κ3) is 4.05. The molecule has 1 nitrogen and oxygen atoms in total. The third-order valence-corrected chi connectivity index (χ3v) is 7.46. The molecule has 0 radical (unpaired) electrons. The van der Waals surface area contributed by atoms with E-state index in [0.29, 0.717) is 6.71 Å². The molecule has 2 fully saturated rings. The standard InChI is InChI=1S/C25H35BO/c1-18-15-24(27-14-13-21-9-5-4-6-10-21)22-11-7-8-12-23(22)25(18)26-16-19(2)20(3)17-26/h7-8,11-12,15,19-21H,4-6,9-10,13-14,16-17H2,1-3H3. The Balaban J connectivity index is 1.56. The van der Waals surface area contributed by atoms with Crippen molar-refractivity contribution in [3.8, 4) is 5.75 Å². The Labute approximate surface area is 166 Å². The maximum Gasteiger partial charge on any atom is 0.177 e. The van der Waals surface area contributed by atoms with Gasteiger partial charge in [0.2, 0.25) is 0 Å². The van der Waals surface area contributed by atoms with Crippen LogP contribution in [-0.2, 0) is 0 Å². The molecule has 2 atom stereocenters. The van der Waals surface area contributed by atoms with Gasteiger partial charge in [0.25, 0.3) is 0 Å². The van der Waals surface area contributed by atoms with Gasteiger partial charge in [-0.1, -0.05) is 93.9 Å². The van der Waals surface area contributed by atoms with Gasteiger partial charge in [0.1, 0.15) is 5.75 Å². The molecule has 0 aromatic heterocycles. The summed E-state index contributed by atoms with van der Waals surface area (Å²) in [6, 6.07) is 11.3.